The largest absolute Gasteiger partial charge is 0.383 e. The van der Waals surface area contributed by atoms with Crippen LogP contribution in [0.5, 0.6) is 0 Å². The summed E-state index contributed by atoms with van der Waals surface area (Å²) in [6.45, 7) is 6.24. The Bertz CT molecular complexity index is 407. The Morgan fingerprint density at radius 2 is 2.16 bits per heavy atom. The van der Waals surface area contributed by atoms with E-state index in [9.17, 15) is 0 Å². The first-order valence-electron chi connectivity index (χ1n) is 7.27. The van der Waals surface area contributed by atoms with Gasteiger partial charge in [-0.15, -0.1) is 0 Å². The van der Waals surface area contributed by atoms with Gasteiger partial charge in [-0.25, -0.2) is 0 Å². The van der Waals surface area contributed by atoms with Gasteiger partial charge in [-0.3, -0.25) is 4.90 Å². The molecule has 1 aromatic carbocycles. The molecule has 0 aliphatic heterocycles. The molecule has 106 valence electrons. The monoisotopic (exact) mass is 262 g/mol. The Morgan fingerprint density at radius 1 is 1.42 bits per heavy atom. The van der Waals surface area contributed by atoms with Gasteiger partial charge in [0.05, 0.1) is 6.61 Å². The van der Waals surface area contributed by atoms with Crippen LogP contribution in [0.1, 0.15) is 37.4 Å². The number of nitrogens with two attached hydrogens (primary N) is 1. The number of nitrogens with zero attached hydrogens (tertiary/aromatic N) is 1. The van der Waals surface area contributed by atoms with Gasteiger partial charge < -0.3 is 10.5 Å². The van der Waals surface area contributed by atoms with E-state index in [1.54, 1.807) is 7.11 Å². The summed E-state index contributed by atoms with van der Waals surface area (Å²) in [5, 5.41) is 0. The molecule has 0 saturated heterocycles. The van der Waals surface area contributed by atoms with E-state index in [1.807, 2.05) is 0 Å². The molecule has 1 aliphatic carbocycles. The van der Waals surface area contributed by atoms with E-state index >= 15 is 0 Å². The number of methoxy groups -OCH3 is 1. The summed E-state index contributed by atoms with van der Waals surface area (Å²) in [5.74, 6) is 0. The van der Waals surface area contributed by atoms with Crippen molar-refractivity contribution < 1.29 is 4.74 Å². The summed E-state index contributed by atoms with van der Waals surface area (Å²) in [5.41, 5.74) is 9.20. The second-order valence-electron chi connectivity index (χ2n) is 5.48. The zero-order chi connectivity index (χ0) is 13.8. The van der Waals surface area contributed by atoms with Crippen LogP contribution in [-0.4, -0.2) is 37.2 Å². The van der Waals surface area contributed by atoms with Crippen LogP contribution in [0.25, 0.3) is 0 Å². The van der Waals surface area contributed by atoms with Crippen LogP contribution < -0.4 is 5.73 Å². The van der Waals surface area contributed by atoms with Gasteiger partial charge in [0.2, 0.25) is 0 Å². The molecular weight excluding hydrogens is 236 g/mol. The summed E-state index contributed by atoms with van der Waals surface area (Å²) < 4.78 is 5.26. The fourth-order valence-electron chi connectivity index (χ4n) is 3.07. The van der Waals surface area contributed by atoms with Crippen molar-refractivity contribution in [2.75, 3.05) is 20.3 Å². The number of hydrogen-bond acceptors (Lipinski definition) is 3. The van der Waals surface area contributed by atoms with Crippen molar-refractivity contribution in [2.24, 2.45) is 5.73 Å². The topological polar surface area (TPSA) is 38.5 Å². The molecule has 0 radical (unpaired) electrons. The van der Waals surface area contributed by atoms with Gasteiger partial charge >= 0.3 is 0 Å². The Morgan fingerprint density at radius 3 is 2.79 bits per heavy atom. The molecule has 3 heteroatoms. The van der Waals surface area contributed by atoms with E-state index in [0.717, 1.165) is 26.0 Å². The SMILES string of the molecule is CCC(C)N(CCOC)C1Cc2ccccc2C1N. The first-order chi connectivity index (χ1) is 9.19. The first kappa shape index (κ1) is 14.5. The predicted octanol–water partition coefficient (Wildman–Crippen LogP) is 2.36. The van der Waals surface area contributed by atoms with Crippen LogP contribution in [-0.2, 0) is 11.2 Å². The average molecular weight is 262 g/mol. The maximum Gasteiger partial charge on any atom is 0.0589 e. The van der Waals surface area contributed by atoms with Crippen LogP contribution in [0.2, 0.25) is 0 Å². The Kier molecular flexibility index (Phi) is 4.97. The van der Waals surface area contributed by atoms with Crippen LogP contribution >= 0.6 is 0 Å². The predicted molar refractivity (Wildman–Crippen MR) is 79.2 cm³/mol. The second-order valence-corrected chi connectivity index (χ2v) is 5.48. The molecule has 0 aromatic heterocycles. The van der Waals surface area contributed by atoms with Gasteiger partial charge in [-0.05, 0) is 30.9 Å². The lowest BCUT2D eigenvalue weighted by molar-refractivity contribution is 0.0813. The number of rotatable bonds is 6. The molecule has 1 aliphatic rings. The van der Waals surface area contributed by atoms with Gasteiger partial charge in [-0.1, -0.05) is 31.2 Å². The highest BCUT2D eigenvalue weighted by molar-refractivity contribution is 5.37. The Hall–Kier alpha value is -0.900. The molecular formula is C16H26N2O. The lowest BCUT2D eigenvalue weighted by atomic mass is 10.0. The lowest BCUT2D eigenvalue weighted by Crippen LogP contribution is -2.47. The Labute approximate surface area is 116 Å². The van der Waals surface area contributed by atoms with E-state index in [-0.39, 0.29) is 6.04 Å². The summed E-state index contributed by atoms with van der Waals surface area (Å²) in [6.07, 6.45) is 2.20. The van der Waals surface area contributed by atoms with Crippen LogP contribution in [0, 0.1) is 0 Å². The summed E-state index contributed by atoms with van der Waals surface area (Å²) in [4.78, 5) is 2.52. The second kappa shape index (κ2) is 6.51. The van der Waals surface area contributed by atoms with Crippen molar-refractivity contribution in [1.29, 1.82) is 0 Å². The van der Waals surface area contributed by atoms with Gasteiger partial charge in [0, 0.05) is 31.8 Å². The zero-order valence-electron chi connectivity index (χ0n) is 12.3. The molecule has 0 amide bonds. The van der Waals surface area contributed by atoms with Crippen molar-refractivity contribution >= 4 is 0 Å². The molecule has 0 heterocycles. The molecule has 0 saturated carbocycles. The summed E-state index contributed by atoms with van der Waals surface area (Å²) in [6, 6.07) is 9.65. The van der Waals surface area contributed by atoms with Crippen LogP contribution in [0.15, 0.2) is 24.3 Å². The van der Waals surface area contributed by atoms with Crippen molar-refractivity contribution in [3.63, 3.8) is 0 Å². The third-order valence-corrected chi connectivity index (χ3v) is 4.39. The van der Waals surface area contributed by atoms with Crippen LogP contribution in [0.3, 0.4) is 0 Å². The quantitative estimate of drug-likeness (QED) is 0.855. The van der Waals surface area contributed by atoms with E-state index in [4.69, 9.17) is 10.5 Å². The maximum atomic E-state index is 6.47. The third-order valence-electron chi connectivity index (χ3n) is 4.39. The molecule has 3 atom stereocenters. The fourth-order valence-corrected chi connectivity index (χ4v) is 3.07. The minimum Gasteiger partial charge on any atom is -0.383 e. The van der Waals surface area contributed by atoms with Crippen molar-refractivity contribution in [3.8, 4) is 0 Å². The van der Waals surface area contributed by atoms with Crippen molar-refractivity contribution in [1.82, 2.24) is 4.90 Å². The Balaban J connectivity index is 2.15. The van der Waals surface area contributed by atoms with E-state index in [2.05, 4.69) is 43.0 Å². The van der Waals surface area contributed by atoms with Crippen molar-refractivity contribution in [3.05, 3.63) is 35.4 Å². The normalized spacial score (nSPS) is 23.6. The summed E-state index contributed by atoms with van der Waals surface area (Å²) in [7, 11) is 1.76. The third kappa shape index (κ3) is 2.99. The number of benzene rings is 1. The van der Waals surface area contributed by atoms with Gasteiger partial charge in [-0.2, -0.15) is 0 Å². The number of hydrogen-bond donors (Lipinski definition) is 1. The van der Waals surface area contributed by atoms with E-state index < -0.39 is 0 Å². The van der Waals surface area contributed by atoms with E-state index in [1.165, 1.54) is 11.1 Å². The minimum atomic E-state index is 0.127. The minimum absolute atomic E-state index is 0.127. The van der Waals surface area contributed by atoms with Gasteiger partial charge in [0.25, 0.3) is 0 Å². The molecule has 3 nitrogen and oxygen atoms in total. The average Bonchev–Trinajstić information content (AvgIpc) is 2.77. The molecule has 0 bridgehead atoms. The smallest absolute Gasteiger partial charge is 0.0589 e. The van der Waals surface area contributed by atoms with Gasteiger partial charge in [0.1, 0.15) is 0 Å². The maximum absolute atomic E-state index is 6.47. The zero-order valence-corrected chi connectivity index (χ0v) is 12.3. The van der Waals surface area contributed by atoms with E-state index in [0.29, 0.717) is 12.1 Å². The molecule has 0 spiro atoms. The first-order valence-corrected chi connectivity index (χ1v) is 7.27. The highest BCUT2D eigenvalue weighted by atomic mass is 16.5. The lowest BCUT2D eigenvalue weighted by Gasteiger charge is -2.36. The molecule has 19 heavy (non-hydrogen) atoms. The highest BCUT2D eigenvalue weighted by Gasteiger charge is 2.35. The molecule has 0 fully saturated rings. The number of ether oxygens (including phenoxy) is 1. The molecule has 1 aromatic rings. The number of fused-ring (bicyclic) bond motifs is 1. The fraction of sp³-hybridized carbons (Fsp3) is 0.625. The van der Waals surface area contributed by atoms with Crippen molar-refractivity contribution in [2.45, 2.75) is 44.8 Å². The standard InChI is InChI=1S/C16H26N2O/c1-4-12(2)18(9-10-19-3)15-11-13-7-5-6-8-14(13)16(15)17/h5-8,12,15-16H,4,9-11,17H2,1-3H3. The molecule has 2 rings (SSSR count). The van der Waals surface area contributed by atoms with Crippen LogP contribution in [0.4, 0.5) is 0 Å². The highest BCUT2D eigenvalue weighted by Crippen LogP contribution is 2.33. The molecule has 2 N–H and O–H groups in total. The molecule has 3 unspecified atom stereocenters. The van der Waals surface area contributed by atoms with Gasteiger partial charge in [0.15, 0.2) is 0 Å². The summed E-state index contributed by atoms with van der Waals surface area (Å²) >= 11 is 0.